The van der Waals surface area contributed by atoms with Gasteiger partial charge in [0.05, 0.1) is 0 Å². The monoisotopic (exact) mass is 182 g/mol. The van der Waals surface area contributed by atoms with Crippen LogP contribution in [0.25, 0.3) is 0 Å². The van der Waals surface area contributed by atoms with Crippen LogP contribution >= 0.6 is 0 Å². The van der Waals surface area contributed by atoms with E-state index in [4.69, 9.17) is 0 Å². The second-order valence-corrected chi connectivity index (χ2v) is 5.26. The highest BCUT2D eigenvalue weighted by molar-refractivity contribution is 4.95. The Hall–Kier alpha value is -0.0800. The van der Waals surface area contributed by atoms with Crippen LogP contribution in [0.2, 0.25) is 0 Å². The van der Waals surface area contributed by atoms with Gasteiger partial charge in [-0.3, -0.25) is 4.90 Å². The number of nitrogens with one attached hydrogen (secondary N) is 1. The SMILES string of the molecule is CC(C1CC1)N1CCNCC1(C)C. The zero-order chi connectivity index (χ0) is 9.47. The van der Waals surface area contributed by atoms with E-state index in [-0.39, 0.29) is 0 Å². The fraction of sp³-hybridized carbons (Fsp3) is 1.00. The van der Waals surface area contributed by atoms with Gasteiger partial charge in [0.15, 0.2) is 0 Å². The van der Waals surface area contributed by atoms with Crippen LogP contribution in [-0.2, 0) is 0 Å². The van der Waals surface area contributed by atoms with Crippen LogP contribution < -0.4 is 5.32 Å². The van der Waals surface area contributed by atoms with Gasteiger partial charge in [-0.2, -0.15) is 0 Å². The molecule has 0 aromatic rings. The summed E-state index contributed by atoms with van der Waals surface area (Å²) >= 11 is 0. The molecule has 1 aliphatic heterocycles. The number of hydrogen-bond donors (Lipinski definition) is 1. The molecule has 1 N–H and O–H groups in total. The molecule has 2 aliphatic rings. The van der Waals surface area contributed by atoms with Gasteiger partial charge < -0.3 is 5.32 Å². The van der Waals surface area contributed by atoms with Gasteiger partial charge in [0.25, 0.3) is 0 Å². The Bertz CT molecular complexity index is 185. The average molecular weight is 182 g/mol. The maximum absolute atomic E-state index is 3.48. The van der Waals surface area contributed by atoms with Crippen molar-refractivity contribution in [2.24, 2.45) is 5.92 Å². The quantitative estimate of drug-likeness (QED) is 0.695. The molecular weight excluding hydrogens is 160 g/mol. The summed E-state index contributed by atoms with van der Waals surface area (Å²) in [5.74, 6) is 0.998. The van der Waals surface area contributed by atoms with Gasteiger partial charge in [-0.15, -0.1) is 0 Å². The highest BCUT2D eigenvalue weighted by Gasteiger charge is 2.39. The van der Waals surface area contributed by atoms with Crippen molar-refractivity contribution >= 4 is 0 Å². The molecule has 1 aliphatic carbocycles. The molecule has 2 rings (SSSR count). The Morgan fingerprint density at radius 3 is 2.62 bits per heavy atom. The summed E-state index contributed by atoms with van der Waals surface area (Å²) in [7, 11) is 0. The summed E-state index contributed by atoms with van der Waals surface area (Å²) in [6, 6.07) is 0.803. The first kappa shape index (κ1) is 9.47. The largest absolute Gasteiger partial charge is 0.314 e. The molecule has 0 aromatic carbocycles. The summed E-state index contributed by atoms with van der Waals surface area (Å²) < 4.78 is 0. The lowest BCUT2D eigenvalue weighted by Gasteiger charge is -2.46. The maximum atomic E-state index is 3.48. The van der Waals surface area contributed by atoms with E-state index in [1.165, 1.54) is 25.9 Å². The lowest BCUT2D eigenvalue weighted by molar-refractivity contribution is 0.0431. The third-order valence-electron chi connectivity index (χ3n) is 3.66. The molecule has 1 unspecified atom stereocenters. The fourth-order valence-corrected chi connectivity index (χ4v) is 2.59. The second kappa shape index (κ2) is 3.25. The average Bonchev–Trinajstić information content (AvgIpc) is 2.84. The van der Waals surface area contributed by atoms with Gasteiger partial charge in [0, 0.05) is 31.2 Å². The number of rotatable bonds is 2. The minimum Gasteiger partial charge on any atom is -0.314 e. The van der Waals surface area contributed by atoms with Crippen molar-refractivity contribution in [3.05, 3.63) is 0 Å². The molecule has 1 atom stereocenters. The first-order valence-corrected chi connectivity index (χ1v) is 5.59. The molecule has 76 valence electrons. The Kier molecular flexibility index (Phi) is 2.37. The Labute approximate surface area is 81.7 Å². The summed E-state index contributed by atoms with van der Waals surface area (Å²) in [6.07, 6.45) is 2.92. The molecule has 1 saturated heterocycles. The van der Waals surface area contributed by atoms with Gasteiger partial charge in [-0.05, 0) is 39.5 Å². The van der Waals surface area contributed by atoms with Crippen LogP contribution in [0.4, 0.5) is 0 Å². The summed E-state index contributed by atoms with van der Waals surface area (Å²) in [5.41, 5.74) is 0.361. The minimum absolute atomic E-state index is 0.361. The van der Waals surface area contributed by atoms with Crippen LogP contribution in [0, 0.1) is 5.92 Å². The lowest BCUT2D eigenvalue weighted by atomic mass is 9.96. The highest BCUT2D eigenvalue weighted by atomic mass is 15.3. The van der Waals surface area contributed by atoms with Crippen molar-refractivity contribution in [1.82, 2.24) is 10.2 Å². The highest BCUT2D eigenvalue weighted by Crippen LogP contribution is 2.37. The van der Waals surface area contributed by atoms with Gasteiger partial charge >= 0.3 is 0 Å². The number of hydrogen-bond acceptors (Lipinski definition) is 2. The number of nitrogens with zero attached hydrogens (tertiary/aromatic N) is 1. The topological polar surface area (TPSA) is 15.3 Å². The van der Waals surface area contributed by atoms with Crippen molar-refractivity contribution < 1.29 is 0 Å². The van der Waals surface area contributed by atoms with E-state index in [1.54, 1.807) is 0 Å². The van der Waals surface area contributed by atoms with E-state index < -0.39 is 0 Å². The van der Waals surface area contributed by atoms with Crippen molar-refractivity contribution in [2.45, 2.75) is 45.2 Å². The molecule has 0 amide bonds. The summed E-state index contributed by atoms with van der Waals surface area (Å²) in [5, 5.41) is 3.48. The molecule has 0 bridgehead atoms. The Morgan fingerprint density at radius 2 is 2.08 bits per heavy atom. The Balaban J connectivity index is 2.01. The third kappa shape index (κ3) is 1.89. The third-order valence-corrected chi connectivity index (χ3v) is 3.66. The van der Waals surface area contributed by atoms with Crippen LogP contribution in [0.15, 0.2) is 0 Å². The van der Waals surface area contributed by atoms with E-state index in [2.05, 4.69) is 31.0 Å². The molecule has 2 heteroatoms. The molecule has 0 spiro atoms. The van der Waals surface area contributed by atoms with Crippen molar-refractivity contribution in [1.29, 1.82) is 0 Å². The molecule has 2 nitrogen and oxygen atoms in total. The predicted molar refractivity (Wildman–Crippen MR) is 55.8 cm³/mol. The molecule has 0 radical (unpaired) electrons. The molecule has 1 heterocycles. The van der Waals surface area contributed by atoms with E-state index in [9.17, 15) is 0 Å². The van der Waals surface area contributed by atoms with Gasteiger partial charge in [0.2, 0.25) is 0 Å². The molecule has 1 saturated carbocycles. The van der Waals surface area contributed by atoms with Crippen LogP contribution in [-0.4, -0.2) is 36.1 Å². The zero-order valence-corrected chi connectivity index (χ0v) is 9.14. The van der Waals surface area contributed by atoms with Gasteiger partial charge in [0.1, 0.15) is 0 Å². The minimum atomic E-state index is 0.361. The van der Waals surface area contributed by atoms with Crippen molar-refractivity contribution in [2.75, 3.05) is 19.6 Å². The second-order valence-electron chi connectivity index (χ2n) is 5.26. The van der Waals surface area contributed by atoms with E-state index in [0.29, 0.717) is 5.54 Å². The summed E-state index contributed by atoms with van der Waals surface area (Å²) in [6.45, 7) is 10.7. The van der Waals surface area contributed by atoms with Crippen molar-refractivity contribution in [3.8, 4) is 0 Å². The normalized spacial score (nSPS) is 31.6. The van der Waals surface area contributed by atoms with E-state index >= 15 is 0 Å². The molecule has 0 aromatic heterocycles. The van der Waals surface area contributed by atoms with Gasteiger partial charge in [-0.1, -0.05) is 0 Å². The van der Waals surface area contributed by atoms with Crippen LogP contribution in [0.3, 0.4) is 0 Å². The maximum Gasteiger partial charge on any atom is 0.0281 e. The summed E-state index contributed by atoms with van der Waals surface area (Å²) in [4.78, 5) is 2.70. The first-order valence-electron chi connectivity index (χ1n) is 5.59. The lowest BCUT2D eigenvalue weighted by Crippen LogP contribution is -2.61. The van der Waals surface area contributed by atoms with Crippen molar-refractivity contribution in [3.63, 3.8) is 0 Å². The van der Waals surface area contributed by atoms with Crippen LogP contribution in [0.5, 0.6) is 0 Å². The van der Waals surface area contributed by atoms with E-state index in [0.717, 1.165) is 18.5 Å². The Morgan fingerprint density at radius 1 is 1.38 bits per heavy atom. The van der Waals surface area contributed by atoms with Crippen LogP contribution in [0.1, 0.15) is 33.6 Å². The fourth-order valence-electron chi connectivity index (χ4n) is 2.59. The molecule has 2 fully saturated rings. The standard InChI is InChI=1S/C11H22N2/c1-9(10-4-5-10)13-7-6-12-8-11(13,2)3/h9-10,12H,4-8H2,1-3H3. The molecular formula is C11H22N2. The first-order chi connectivity index (χ1) is 6.11. The predicted octanol–water partition coefficient (Wildman–Crippen LogP) is 1.47. The van der Waals surface area contributed by atoms with E-state index in [1.807, 2.05) is 0 Å². The molecule has 13 heavy (non-hydrogen) atoms. The number of piperazine rings is 1. The van der Waals surface area contributed by atoms with Gasteiger partial charge in [-0.25, -0.2) is 0 Å². The zero-order valence-electron chi connectivity index (χ0n) is 9.14. The smallest absolute Gasteiger partial charge is 0.0281 e.